The predicted molar refractivity (Wildman–Crippen MR) is 124 cm³/mol. The number of nitrogens with one attached hydrogen (secondary N) is 2. The summed E-state index contributed by atoms with van der Waals surface area (Å²) >= 11 is 5.51. The molecule has 4 rings (SSSR count). The molecule has 0 amide bonds. The van der Waals surface area contributed by atoms with Gasteiger partial charge in [-0.05, 0) is 56.8 Å². The maximum Gasteiger partial charge on any atom is 0.232 e. The Labute approximate surface area is 178 Å². The van der Waals surface area contributed by atoms with Crippen LogP contribution in [-0.4, -0.2) is 40.8 Å². The number of rotatable bonds is 5. The lowest BCUT2D eigenvalue weighted by Crippen LogP contribution is -2.38. The van der Waals surface area contributed by atoms with Crippen molar-refractivity contribution in [2.75, 3.05) is 34.8 Å². The van der Waals surface area contributed by atoms with E-state index in [1.165, 1.54) is 37.7 Å². The van der Waals surface area contributed by atoms with Crippen LogP contribution in [0.4, 0.5) is 17.6 Å². The molecule has 0 radical (unpaired) electrons. The predicted octanol–water partition coefficient (Wildman–Crippen LogP) is 3.94. The molecule has 2 saturated heterocycles. The topological polar surface area (TPSA) is 56.3 Å². The summed E-state index contributed by atoms with van der Waals surface area (Å²) in [6, 6.07) is 12.9. The zero-order valence-corrected chi connectivity index (χ0v) is 17.9. The first-order valence-electron chi connectivity index (χ1n) is 10.7. The summed E-state index contributed by atoms with van der Waals surface area (Å²) in [5.74, 6) is 2.58. The summed E-state index contributed by atoms with van der Waals surface area (Å²) < 4.78 is 0. The van der Waals surface area contributed by atoms with Crippen LogP contribution in [0.5, 0.6) is 0 Å². The van der Waals surface area contributed by atoms with E-state index in [1.54, 1.807) is 0 Å². The third-order valence-electron chi connectivity index (χ3n) is 5.75. The van der Waals surface area contributed by atoms with Crippen molar-refractivity contribution in [1.29, 1.82) is 0 Å². The number of benzene rings is 1. The smallest absolute Gasteiger partial charge is 0.232 e. The lowest BCUT2D eigenvalue weighted by molar-refractivity contribution is 0.481. The zero-order valence-electron chi connectivity index (χ0n) is 17.1. The first-order chi connectivity index (χ1) is 14.2. The molecule has 3 heterocycles. The van der Waals surface area contributed by atoms with Crippen LogP contribution >= 0.6 is 12.2 Å². The van der Waals surface area contributed by atoms with Gasteiger partial charge >= 0.3 is 0 Å². The Morgan fingerprint density at radius 3 is 2.52 bits per heavy atom. The molecule has 0 aliphatic carbocycles. The molecule has 29 heavy (non-hydrogen) atoms. The summed E-state index contributed by atoms with van der Waals surface area (Å²) in [5, 5.41) is 7.02. The summed E-state index contributed by atoms with van der Waals surface area (Å²) in [5.41, 5.74) is 1.19. The van der Waals surface area contributed by atoms with Gasteiger partial charge in [0.05, 0.1) is 0 Å². The van der Waals surface area contributed by atoms with Gasteiger partial charge < -0.3 is 20.4 Å². The van der Waals surface area contributed by atoms with Gasteiger partial charge in [-0.25, -0.2) is 0 Å². The van der Waals surface area contributed by atoms with Crippen molar-refractivity contribution < 1.29 is 0 Å². The van der Waals surface area contributed by atoms with Crippen LogP contribution in [0.2, 0.25) is 0 Å². The van der Waals surface area contributed by atoms with Crippen LogP contribution in [0, 0.1) is 0 Å². The Morgan fingerprint density at radius 2 is 1.76 bits per heavy atom. The van der Waals surface area contributed by atoms with Gasteiger partial charge in [-0.3, -0.25) is 0 Å². The van der Waals surface area contributed by atoms with Crippen LogP contribution in [0.1, 0.15) is 44.6 Å². The average molecular weight is 411 g/mol. The number of nitrogens with zero attached hydrogens (tertiary/aromatic N) is 4. The number of thiocarbonyl (C=S) groups is 1. The van der Waals surface area contributed by atoms with E-state index < -0.39 is 0 Å². The van der Waals surface area contributed by atoms with Crippen molar-refractivity contribution in [2.24, 2.45) is 0 Å². The van der Waals surface area contributed by atoms with Crippen molar-refractivity contribution in [2.45, 2.75) is 51.6 Å². The Bertz CT molecular complexity index is 821. The Morgan fingerprint density at radius 1 is 1.03 bits per heavy atom. The van der Waals surface area contributed by atoms with Gasteiger partial charge in [-0.15, -0.1) is 0 Å². The minimum absolute atomic E-state index is 0.501. The minimum Gasteiger partial charge on any atom is -0.358 e. The molecule has 2 N–H and O–H groups in total. The fourth-order valence-corrected chi connectivity index (χ4v) is 4.26. The monoisotopic (exact) mass is 410 g/mol. The number of anilines is 3. The second kappa shape index (κ2) is 9.39. The third-order valence-corrected chi connectivity index (χ3v) is 5.99. The molecule has 0 spiro atoms. The van der Waals surface area contributed by atoms with E-state index >= 15 is 0 Å². The molecule has 1 aromatic carbocycles. The van der Waals surface area contributed by atoms with Crippen molar-refractivity contribution >= 4 is 34.9 Å². The number of hydrogen-bond donors (Lipinski definition) is 2. The molecule has 2 aliphatic heterocycles. The van der Waals surface area contributed by atoms with Gasteiger partial charge in [0.15, 0.2) is 5.11 Å². The van der Waals surface area contributed by atoms with Crippen LogP contribution < -0.4 is 20.4 Å². The SMILES string of the molecule is CC1CCCCN1c1cc(N2CCCC2)nc(NC(=S)NCc2ccccc2)n1. The quantitative estimate of drug-likeness (QED) is 0.724. The highest BCUT2D eigenvalue weighted by molar-refractivity contribution is 7.80. The number of hydrogen-bond acceptors (Lipinski definition) is 5. The van der Waals surface area contributed by atoms with E-state index in [1.807, 2.05) is 18.2 Å². The molecule has 0 saturated carbocycles. The maximum atomic E-state index is 5.51. The largest absolute Gasteiger partial charge is 0.358 e. The second-order valence-corrected chi connectivity index (χ2v) is 8.34. The number of piperidine rings is 1. The van der Waals surface area contributed by atoms with Gasteiger partial charge in [0.1, 0.15) is 11.6 Å². The van der Waals surface area contributed by atoms with Crippen LogP contribution in [0.25, 0.3) is 0 Å². The highest BCUT2D eigenvalue weighted by atomic mass is 32.1. The third kappa shape index (κ3) is 5.15. The summed E-state index contributed by atoms with van der Waals surface area (Å²) in [7, 11) is 0. The zero-order chi connectivity index (χ0) is 20.1. The molecule has 1 unspecified atom stereocenters. The Hall–Kier alpha value is -2.41. The van der Waals surface area contributed by atoms with E-state index in [-0.39, 0.29) is 0 Å². The molecule has 7 heteroatoms. The fourth-order valence-electron chi connectivity index (χ4n) is 4.10. The molecule has 2 aliphatic rings. The van der Waals surface area contributed by atoms with Gasteiger partial charge in [-0.2, -0.15) is 9.97 Å². The summed E-state index contributed by atoms with van der Waals surface area (Å²) in [4.78, 5) is 14.4. The lowest BCUT2D eigenvalue weighted by atomic mass is 10.0. The highest BCUT2D eigenvalue weighted by Crippen LogP contribution is 2.28. The molecule has 1 aromatic heterocycles. The first kappa shape index (κ1) is 19.9. The first-order valence-corrected chi connectivity index (χ1v) is 11.1. The number of aromatic nitrogens is 2. The molecule has 1 atom stereocenters. The summed E-state index contributed by atoms with van der Waals surface area (Å²) in [6.07, 6.45) is 6.16. The minimum atomic E-state index is 0.501. The Balaban J connectivity index is 1.50. The normalized spacial score (nSPS) is 19.3. The molecular weight excluding hydrogens is 380 g/mol. The van der Waals surface area contributed by atoms with Crippen molar-refractivity contribution in [3.05, 3.63) is 42.0 Å². The maximum absolute atomic E-state index is 5.51. The van der Waals surface area contributed by atoms with Gasteiger partial charge in [0.2, 0.25) is 5.95 Å². The van der Waals surface area contributed by atoms with Crippen molar-refractivity contribution in [3.63, 3.8) is 0 Å². The Kier molecular flexibility index (Phi) is 6.44. The molecule has 154 valence electrons. The van der Waals surface area contributed by atoms with E-state index in [0.29, 0.717) is 23.6 Å². The lowest BCUT2D eigenvalue weighted by Gasteiger charge is -2.35. The highest BCUT2D eigenvalue weighted by Gasteiger charge is 2.23. The molecule has 2 fully saturated rings. The summed E-state index contributed by atoms with van der Waals surface area (Å²) in [6.45, 7) is 6.13. The van der Waals surface area contributed by atoms with E-state index in [9.17, 15) is 0 Å². The van der Waals surface area contributed by atoms with E-state index in [4.69, 9.17) is 22.2 Å². The molecule has 6 nitrogen and oxygen atoms in total. The standard InChI is InChI=1S/C22H30N6S/c1-17-9-5-6-14-28(17)20-15-19(27-12-7-8-13-27)24-21(25-20)26-22(29)23-16-18-10-3-2-4-11-18/h2-4,10-11,15,17H,5-9,12-14,16H2,1H3,(H2,23,24,25,26,29). The van der Waals surface area contributed by atoms with Crippen LogP contribution in [-0.2, 0) is 6.54 Å². The van der Waals surface area contributed by atoms with Gasteiger partial charge in [-0.1, -0.05) is 30.3 Å². The van der Waals surface area contributed by atoms with Crippen molar-refractivity contribution in [1.82, 2.24) is 15.3 Å². The van der Waals surface area contributed by atoms with E-state index in [2.05, 4.69) is 45.6 Å². The van der Waals surface area contributed by atoms with Gasteiger partial charge in [0.25, 0.3) is 0 Å². The molecule has 2 aromatic rings. The fraction of sp³-hybridized carbons (Fsp3) is 0.500. The average Bonchev–Trinajstić information content (AvgIpc) is 3.28. The molecule has 0 bridgehead atoms. The molecular formula is C22H30N6S. The van der Waals surface area contributed by atoms with E-state index in [0.717, 1.165) is 31.3 Å². The van der Waals surface area contributed by atoms with Gasteiger partial charge in [0, 0.05) is 38.3 Å². The van der Waals surface area contributed by atoms with Crippen LogP contribution in [0.3, 0.4) is 0 Å². The second-order valence-electron chi connectivity index (χ2n) is 7.93. The van der Waals surface area contributed by atoms with Crippen LogP contribution in [0.15, 0.2) is 36.4 Å². The van der Waals surface area contributed by atoms with Crippen molar-refractivity contribution in [3.8, 4) is 0 Å².